The van der Waals surface area contributed by atoms with Gasteiger partial charge in [0.1, 0.15) is 0 Å². The highest BCUT2D eigenvalue weighted by Gasteiger charge is 2.21. The van der Waals surface area contributed by atoms with Gasteiger partial charge in [0.05, 0.1) is 0 Å². The zero-order chi connectivity index (χ0) is 14.8. The predicted molar refractivity (Wildman–Crippen MR) is 86.5 cm³/mol. The molecule has 3 rings (SSSR count). The molecule has 2 heterocycles. The zero-order valence-electron chi connectivity index (χ0n) is 13.1. The van der Waals surface area contributed by atoms with Gasteiger partial charge in [-0.3, -0.25) is 0 Å². The SMILES string of the molecule is Cc1cccc(-c2nc(C)c(C3CCNCC3)c(C)n2)c1. The van der Waals surface area contributed by atoms with Gasteiger partial charge in [-0.15, -0.1) is 0 Å². The van der Waals surface area contributed by atoms with E-state index < -0.39 is 0 Å². The van der Waals surface area contributed by atoms with E-state index in [1.807, 2.05) is 0 Å². The first-order valence-corrected chi connectivity index (χ1v) is 7.78. The predicted octanol–water partition coefficient (Wildman–Crippen LogP) is 3.54. The third kappa shape index (κ3) is 2.98. The third-order valence-electron chi connectivity index (χ3n) is 4.35. The first-order chi connectivity index (χ1) is 10.1. The van der Waals surface area contributed by atoms with Gasteiger partial charge in [-0.2, -0.15) is 0 Å². The fourth-order valence-electron chi connectivity index (χ4n) is 3.34. The van der Waals surface area contributed by atoms with Gasteiger partial charge in [-0.1, -0.05) is 23.8 Å². The van der Waals surface area contributed by atoms with Gasteiger partial charge in [0.15, 0.2) is 5.82 Å². The maximum absolute atomic E-state index is 4.79. The molecule has 3 heteroatoms. The van der Waals surface area contributed by atoms with Crippen LogP contribution < -0.4 is 5.32 Å². The second kappa shape index (κ2) is 5.94. The Bertz CT molecular complexity index is 620. The lowest BCUT2D eigenvalue weighted by molar-refractivity contribution is 0.455. The van der Waals surface area contributed by atoms with Crippen molar-refractivity contribution in [3.8, 4) is 11.4 Å². The van der Waals surface area contributed by atoms with E-state index in [2.05, 4.69) is 50.4 Å². The summed E-state index contributed by atoms with van der Waals surface area (Å²) in [6.07, 6.45) is 2.38. The Morgan fingerprint density at radius 1 is 1.00 bits per heavy atom. The number of piperidine rings is 1. The van der Waals surface area contributed by atoms with Crippen molar-refractivity contribution in [2.45, 2.75) is 39.5 Å². The molecule has 1 aromatic heterocycles. The van der Waals surface area contributed by atoms with Crippen molar-refractivity contribution in [2.24, 2.45) is 0 Å². The van der Waals surface area contributed by atoms with Crippen molar-refractivity contribution in [2.75, 3.05) is 13.1 Å². The molecular weight excluding hydrogens is 258 g/mol. The van der Waals surface area contributed by atoms with Gasteiger partial charge in [0.25, 0.3) is 0 Å². The smallest absolute Gasteiger partial charge is 0.159 e. The molecule has 1 fully saturated rings. The van der Waals surface area contributed by atoms with Crippen molar-refractivity contribution in [1.82, 2.24) is 15.3 Å². The molecule has 1 saturated heterocycles. The quantitative estimate of drug-likeness (QED) is 0.915. The van der Waals surface area contributed by atoms with Crippen LogP contribution in [0.5, 0.6) is 0 Å². The van der Waals surface area contributed by atoms with Gasteiger partial charge in [-0.25, -0.2) is 9.97 Å². The van der Waals surface area contributed by atoms with Crippen LogP contribution in [0.1, 0.15) is 41.3 Å². The molecule has 1 aromatic carbocycles. The van der Waals surface area contributed by atoms with Crippen LogP contribution >= 0.6 is 0 Å². The second-order valence-electron chi connectivity index (χ2n) is 6.03. The van der Waals surface area contributed by atoms with Crippen LogP contribution in [0.4, 0.5) is 0 Å². The number of benzene rings is 1. The summed E-state index contributed by atoms with van der Waals surface area (Å²) in [5.41, 5.74) is 6.01. The van der Waals surface area contributed by atoms with E-state index in [1.54, 1.807) is 0 Å². The number of aryl methyl sites for hydroxylation is 3. The molecule has 0 unspecified atom stereocenters. The van der Waals surface area contributed by atoms with Crippen LogP contribution in [-0.4, -0.2) is 23.1 Å². The van der Waals surface area contributed by atoms with E-state index in [4.69, 9.17) is 9.97 Å². The molecule has 1 aliphatic rings. The van der Waals surface area contributed by atoms with Gasteiger partial charge in [-0.05, 0) is 64.3 Å². The average Bonchev–Trinajstić information content (AvgIpc) is 2.47. The highest BCUT2D eigenvalue weighted by molar-refractivity contribution is 5.57. The van der Waals surface area contributed by atoms with Crippen molar-refractivity contribution in [3.63, 3.8) is 0 Å². The van der Waals surface area contributed by atoms with E-state index in [9.17, 15) is 0 Å². The number of rotatable bonds is 2. The number of hydrogen-bond donors (Lipinski definition) is 1. The van der Waals surface area contributed by atoms with E-state index in [1.165, 1.54) is 24.0 Å². The van der Waals surface area contributed by atoms with Gasteiger partial charge >= 0.3 is 0 Å². The molecule has 0 aliphatic carbocycles. The monoisotopic (exact) mass is 281 g/mol. The van der Waals surface area contributed by atoms with Crippen LogP contribution in [-0.2, 0) is 0 Å². The summed E-state index contributed by atoms with van der Waals surface area (Å²) in [6.45, 7) is 8.57. The molecule has 1 aliphatic heterocycles. The fourth-order valence-corrected chi connectivity index (χ4v) is 3.34. The second-order valence-corrected chi connectivity index (χ2v) is 6.03. The molecular formula is C18H23N3. The highest BCUT2D eigenvalue weighted by atomic mass is 14.9. The molecule has 2 aromatic rings. The first-order valence-electron chi connectivity index (χ1n) is 7.78. The Balaban J connectivity index is 1.99. The Hall–Kier alpha value is -1.74. The van der Waals surface area contributed by atoms with Gasteiger partial charge in [0, 0.05) is 17.0 Å². The maximum atomic E-state index is 4.79. The van der Waals surface area contributed by atoms with Crippen molar-refractivity contribution in [3.05, 3.63) is 46.8 Å². The summed E-state index contributed by atoms with van der Waals surface area (Å²) >= 11 is 0. The molecule has 0 atom stereocenters. The fraction of sp³-hybridized carbons (Fsp3) is 0.444. The lowest BCUT2D eigenvalue weighted by Crippen LogP contribution is -2.27. The molecule has 0 bridgehead atoms. The molecule has 110 valence electrons. The van der Waals surface area contributed by atoms with Crippen molar-refractivity contribution < 1.29 is 0 Å². The van der Waals surface area contributed by atoms with Gasteiger partial charge < -0.3 is 5.32 Å². The molecule has 21 heavy (non-hydrogen) atoms. The lowest BCUT2D eigenvalue weighted by Gasteiger charge is -2.25. The summed E-state index contributed by atoms with van der Waals surface area (Å²) in [6, 6.07) is 8.41. The Morgan fingerprint density at radius 2 is 1.67 bits per heavy atom. The Labute approximate surface area is 126 Å². The Morgan fingerprint density at radius 3 is 2.29 bits per heavy atom. The average molecular weight is 281 g/mol. The standard InChI is InChI=1S/C18H23N3/c1-12-5-4-6-16(11-12)18-20-13(2)17(14(3)21-18)15-7-9-19-10-8-15/h4-6,11,15,19H,7-10H2,1-3H3. The van der Waals surface area contributed by atoms with E-state index in [0.29, 0.717) is 5.92 Å². The Kier molecular flexibility index (Phi) is 4.02. The maximum Gasteiger partial charge on any atom is 0.159 e. The summed E-state index contributed by atoms with van der Waals surface area (Å²) in [5, 5.41) is 3.43. The van der Waals surface area contributed by atoms with Crippen LogP contribution in [0.25, 0.3) is 11.4 Å². The van der Waals surface area contributed by atoms with Gasteiger partial charge in [0.2, 0.25) is 0 Å². The number of nitrogens with zero attached hydrogens (tertiary/aromatic N) is 2. The number of nitrogens with one attached hydrogen (secondary N) is 1. The minimum atomic E-state index is 0.609. The normalized spacial score (nSPS) is 16.1. The van der Waals surface area contributed by atoms with E-state index in [-0.39, 0.29) is 0 Å². The van der Waals surface area contributed by atoms with Crippen LogP contribution in [0.2, 0.25) is 0 Å². The summed E-state index contributed by atoms with van der Waals surface area (Å²) in [7, 11) is 0. The molecule has 3 nitrogen and oxygen atoms in total. The molecule has 0 spiro atoms. The largest absolute Gasteiger partial charge is 0.317 e. The van der Waals surface area contributed by atoms with Crippen molar-refractivity contribution in [1.29, 1.82) is 0 Å². The van der Waals surface area contributed by atoms with E-state index >= 15 is 0 Å². The zero-order valence-corrected chi connectivity index (χ0v) is 13.1. The summed E-state index contributed by atoms with van der Waals surface area (Å²) in [4.78, 5) is 9.58. The molecule has 0 saturated carbocycles. The van der Waals surface area contributed by atoms with E-state index in [0.717, 1.165) is 35.9 Å². The third-order valence-corrected chi connectivity index (χ3v) is 4.35. The van der Waals surface area contributed by atoms with Crippen LogP contribution in [0.15, 0.2) is 24.3 Å². The lowest BCUT2D eigenvalue weighted by atomic mass is 9.88. The summed E-state index contributed by atoms with van der Waals surface area (Å²) < 4.78 is 0. The van der Waals surface area contributed by atoms with Crippen molar-refractivity contribution >= 4 is 0 Å². The van der Waals surface area contributed by atoms with Crippen LogP contribution in [0.3, 0.4) is 0 Å². The summed E-state index contributed by atoms with van der Waals surface area (Å²) in [5.74, 6) is 1.46. The minimum absolute atomic E-state index is 0.609. The highest BCUT2D eigenvalue weighted by Crippen LogP contribution is 2.30. The number of hydrogen-bond acceptors (Lipinski definition) is 3. The molecule has 1 N–H and O–H groups in total. The number of aromatic nitrogens is 2. The van der Waals surface area contributed by atoms with Crippen LogP contribution in [0, 0.1) is 20.8 Å². The molecule has 0 amide bonds. The minimum Gasteiger partial charge on any atom is -0.317 e. The first kappa shape index (κ1) is 14.2. The molecule has 0 radical (unpaired) electrons. The topological polar surface area (TPSA) is 37.8 Å².